The summed E-state index contributed by atoms with van der Waals surface area (Å²) in [6, 6.07) is 0. The van der Waals surface area contributed by atoms with Crippen molar-refractivity contribution in [3.8, 4) is 0 Å². The molecule has 1 saturated carbocycles. The number of rotatable bonds is 9. The molecule has 10 rings (SSSR count). The van der Waals surface area contributed by atoms with E-state index in [0.717, 1.165) is 47.2 Å². The van der Waals surface area contributed by atoms with Gasteiger partial charge in [-0.15, -0.1) is 0 Å². The number of methoxy groups -OCH3 is 1. The van der Waals surface area contributed by atoms with Gasteiger partial charge in [0.2, 0.25) is 21.8 Å². The average Bonchev–Trinajstić information content (AvgIpc) is 3.92. The van der Waals surface area contributed by atoms with Crippen LogP contribution in [0.3, 0.4) is 0 Å². The molecule has 0 bridgehead atoms. The number of aromatic nitrogens is 14. The molecule has 8 aromatic heterocycles. The largest absolute Gasteiger partial charge is 0.478 e. The van der Waals surface area contributed by atoms with Crippen LogP contribution in [-0.2, 0) is 24.4 Å². The minimum absolute atomic E-state index is 0.0387. The lowest BCUT2D eigenvalue weighted by Crippen LogP contribution is -2.49. The van der Waals surface area contributed by atoms with E-state index in [-0.39, 0.29) is 33.6 Å². The van der Waals surface area contributed by atoms with Gasteiger partial charge in [-0.2, -0.15) is 0 Å². The smallest absolute Gasteiger partial charge is 0.340 e. The number of aliphatic hydroxyl groups excluding tert-OH is 1. The number of aromatic carboxylic acids is 2. The van der Waals surface area contributed by atoms with E-state index < -0.39 is 17.9 Å². The van der Waals surface area contributed by atoms with Gasteiger partial charge in [-0.3, -0.25) is 0 Å². The van der Waals surface area contributed by atoms with Crippen LogP contribution in [0, 0.1) is 33.1 Å². The number of nitrogens with zero attached hydrogens (tertiary/aromatic N) is 15. The van der Waals surface area contributed by atoms with Crippen molar-refractivity contribution in [1.29, 1.82) is 0 Å². The fourth-order valence-corrected chi connectivity index (χ4v) is 7.71. The number of carboxylic acids is 2. The third-order valence-electron chi connectivity index (χ3n) is 11.2. The van der Waals surface area contributed by atoms with Crippen LogP contribution in [0.15, 0.2) is 62.2 Å². The van der Waals surface area contributed by atoms with Gasteiger partial charge in [0.15, 0.2) is 0 Å². The van der Waals surface area contributed by atoms with Gasteiger partial charge in [0, 0.05) is 102 Å². The zero-order valence-corrected chi connectivity index (χ0v) is 39.8. The molecule has 25 heteroatoms. The number of fused-ring (bicyclic) bond motifs is 2. The first-order chi connectivity index (χ1) is 33.0. The van der Waals surface area contributed by atoms with E-state index in [4.69, 9.17) is 49.8 Å². The van der Waals surface area contributed by atoms with E-state index in [9.17, 15) is 19.5 Å². The number of halogens is 3. The molecule has 0 atom stereocenters. The SMILES string of the molecule is COC(=O)c1cn(Cc2cnc(Cl)nc2C)c2ncncc12.Cc1nc(Cl)ncc1C(=O)O.Cc1nc(Cl)ncc1CO.Cc1nc(N2CC3(CC3)C2)ncc1Cn1cc(C(=O)O)c2cncnc21. The Hall–Kier alpha value is -7.40. The Balaban J connectivity index is 0.000000147. The van der Waals surface area contributed by atoms with Crippen molar-refractivity contribution in [2.24, 2.45) is 5.41 Å². The fraction of sp³-hybridized carbons (Fsp3) is 0.295. The van der Waals surface area contributed by atoms with Gasteiger partial charge in [0.05, 0.1) is 60.0 Å². The molecule has 1 spiro atoms. The molecule has 22 nitrogen and oxygen atoms in total. The number of carboxylic acid groups (broad SMARTS) is 2. The summed E-state index contributed by atoms with van der Waals surface area (Å²) in [5.41, 5.74) is 7.82. The van der Waals surface area contributed by atoms with Gasteiger partial charge >= 0.3 is 17.9 Å². The number of hydrogen-bond donors (Lipinski definition) is 3. The van der Waals surface area contributed by atoms with E-state index in [0.29, 0.717) is 57.4 Å². The normalized spacial score (nSPS) is 13.0. The van der Waals surface area contributed by atoms with Crippen molar-refractivity contribution < 1.29 is 34.4 Å². The molecule has 0 unspecified atom stereocenters. The van der Waals surface area contributed by atoms with Crippen LogP contribution in [0.1, 0.15) is 83.4 Å². The third-order valence-corrected chi connectivity index (χ3v) is 11.8. The second-order valence-electron chi connectivity index (χ2n) is 15.9. The van der Waals surface area contributed by atoms with E-state index in [1.54, 1.807) is 38.6 Å². The van der Waals surface area contributed by atoms with Crippen LogP contribution in [0.5, 0.6) is 0 Å². The van der Waals surface area contributed by atoms with Crippen molar-refractivity contribution in [2.45, 2.75) is 60.2 Å². The molecule has 8 aromatic rings. The Kier molecular flexibility index (Phi) is 15.3. The van der Waals surface area contributed by atoms with E-state index >= 15 is 0 Å². The first-order valence-corrected chi connectivity index (χ1v) is 21.9. The zero-order chi connectivity index (χ0) is 49.6. The predicted molar refractivity (Wildman–Crippen MR) is 250 cm³/mol. The maximum atomic E-state index is 11.9. The van der Waals surface area contributed by atoms with E-state index in [2.05, 4.69) is 64.7 Å². The zero-order valence-electron chi connectivity index (χ0n) is 37.5. The number of carbonyl (C=O) groups excluding carboxylic acids is 1. The summed E-state index contributed by atoms with van der Waals surface area (Å²) in [5, 5.41) is 28.3. The molecule has 0 amide bonds. The summed E-state index contributed by atoms with van der Waals surface area (Å²) in [7, 11) is 1.34. The molecule has 9 heterocycles. The lowest BCUT2D eigenvalue weighted by atomic mass is 9.98. The second kappa shape index (κ2) is 21.3. The summed E-state index contributed by atoms with van der Waals surface area (Å²) < 4.78 is 8.45. The van der Waals surface area contributed by atoms with E-state index in [1.807, 2.05) is 29.2 Å². The van der Waals surface area contributed by atoms with E-state index in [1.165, 1.54) is 51.2 Å². The maximum absolute atomic E-state index is 11.9. The Morgan fingerprint density at radius 1 is 0.609 bits per heavy atom. The van der Waals surface area contributed by atoms with Crippen molar-refractivity contribution in [1.82, 2.24) is 68.9 Å². The van der Waals surface area contributed by atoms with Gasteiger partial charge in [0.1, 0.15) is 23.9 Å². The molecular formula is C44H42Cl3N15O7. The first-order valence-electron chi connectivity index (χ1n) is 20.8. The Labute approximate surface area is 407 Å². The van der Waals surface area contributed by atoms with Gasteiger partial charge in [-0.1, -0.05) is 0 Å². The summed E-state index contributed by atoms with van der Waals surface area (Å²) in [6.07, 6.45) is 18.1. The minimum atomic E-state index is -1.04. The summed E-state index contributed by atoms with van der Waals surface area (Å²) in [5.74, 6) is -1.67. The number of hydrogen-bond acceptors (Lipinski definition) is 18. The lowest BCUT2D eigenvalue weighted by Gasteiger charge is -2.40. The molecule has 69 heavy (non-hydrogen) atoms. The van der Waals surface area contributed by atoms with Crippen LogP contribution in [0.4, 0.5) is 5.95 Å². The Bertz CT molecular complexity index is 3210. The summed E-state index contributed by atoms with van der Waals surface area (Å²) in [4.78, 5) is 84.4. The van der Waals surface area contributed by atoms with Gasteiger partial charge in [0.25, 0.3) is 0 Å². The highest BCUT2D eigenvalue weighted by molar-refractivity contribution is 6.28. The molecule has 1 saturated heterocycles. The minimum Gasteiger partial charge on any atom is -0.478 e. The number of aryl methyl sites for hydroxylation is 4. The van der Waals surface area contributed by atoms with Crippen LogP contribution < -0.4 is 4.90 Å². The predicted octanol–water partition coefficient (Wildman–Crippen LogP) is 5.96. The van der Waals surface area contributed by atoms with Crippen molar-refractivity contribution in [3.63, 3.8) is 0 Å². The van der Waals surface area contributed by atoms with Crippen LogP contribution >= 0.6 is 34.8 Å². The molecule has 1 aliphatic carbocycles. The monoisotopic (exact) mass is 997 g/mol. The molecule has 356 valence electrons. The highest BCUT2D eigenvalue weighted by Crippen LogP contribution is 2.53. The number of anilines is 1. The molecular weight excluding hydrogens is 957 g/mol. The second-order valence-corrected chi connectivity index (χ2v) is 16.9. The van der Waals surface area contributed by atoms with Crippen LogP contribution in [0.25, 0.3) is 22.1 Å². The van der Waals surface area contributed by atoms with Crippen molar-refractivity contribution in [2.75, 3.05) is 25.1 Å². The maximum Gasteiger partial charge on any atom is 0.340 e. The van der Waals surface area contributed by atoms with Crippen molar-refractivity contribution in [3.05, 3.63) is 134 Å². The topological polar surface area (TPSA) is 289 Å². The molecule has 3 N–H and O–H groups in total. The Morgan fingerprint density at radius 2 is 1.07 bits per heavy atom. The third kappa shape index (κ3) is 11.7. The molecule has 0 aromatic carbocycles. The lowest BCUT2D eigenvalue weighted by molar-refractivity contribution is 0.0601. The van der Waals surface area contributed by atoms with Gasteiger partial charge < -0.3 is 34.1 Å². The quantitative estimate of drug-likeness (QED) is 0.111. The fourth-order valence-electron chi connectivity index (χ4n) is 7.18. The number of aliphatic hydroxyl groups is 1. The Morgan fingerprint density at radius 3 is 1.54 bits per heavy atom. The molecule has 2 aliphatic rings. The first kappa shape index (κ1) is 49.5. The number of esters is 1. The van der Waals surface area contributed by atoms with Gasteiger partial charge in [-0.25, -0.2) is 74.2 Å². The van der Waals surface area contributed by atoms with Crippen LogP contribution in [-0.4, -0.2) is 122 Å². The number of carbonyl (C=O) groups is 3. The standard InChI is InChI=1S/C18H18N6O2.C14H12ClN5O2.C6H5ClN2O2.C6H7ClN2O/c1-11-12(4-20-17(22-11)24-8-18(9-24)2-3-18)6-23-7-14(16(25)26)13-5-19-10-21-15(13)23;1-8-9(3-17-14(15)19-8)5-20-6-11(13(21)22-2)10-4-16-7-18-12(10)20;1-3-4(5(10)11)2-8-6(7)9-3;1-4-5(3-10)2-8-6(7)9-4/h4-5,7,10H,2-3,6,8-9H2,1H3,(H,25,26);3-4,6-7H,5H2,1-2H3;2H,1H3,(H,10,11);2,10H,3H2,1H3. The molecule has 1 aliphatic heterocycles. The number of ether oxygens (including phenoxy) is 1. The highest BCUT2D eigenvalue weighted by Gasteiger charge is 2.53. The van der Waals surface area contributed by atoms with Crippen LogP contribution in [0.2, 0.25) is 15.9 Å². The van der Waals surface area contributed by atoms with Crippen molar-refractivity contribution >= 4 is 80.7 Å². The van der Waals surface area contributed by atoms with Gasteiger partial charge in [-0.05, 0) is 75.3 Å². The summed E-state index contributed by atoms with van der Waals surface area (Å²) in [6.45, 7) is 10.2. The average molecular weight is 999 g/mol. The molecule has 0 radical (unpaired) electrons. The summed E-state index contributed by atoms with van der Waals surface area (Å²) >= 11 is 16.6. The highest BCUT2D eigenvalue weighted by atomic mass is 35.5. The molecule has 2 fully saturated rings.